The number of para-hydroxylation sites is 3. The van der Waals surface area contributed by atoms with E-state index >= 15 is 0 Å². The molecular weight excluding hydrogens is 370 g/mol. The molecule has 4 nitrogen and oxygen atoms in total. The number of rotatable bonds is 1. The lowest BCUT2D eigenvalue weighted by atomic mass is 9.93. The molecule has 2 aliphatic heterocycles. The number of nitrogens with zero attached hydrogens (tertiary/aromatic N) is 3. The van der Waals surface area contributed by atoms with Crippen LogP contribution in [-0.2, 0) is 0 Å². The van der Waals surface area contributed by atoms with Gasteiger partial charge in [0.15, 0.2) is 11.4 Å². The first kappa shape index (κ1) is 15.8. The van der Waals surface area contributed by atoms with Gasteiger partial charge in [0, 0.05) is 21.9 Å². The third-order valence-electron chi connectivity index (χ3n) is 6.06. The second kappa shape index (κ2) is 5.74. The second-order valence-electron chi connectivity index (χ2n) is 7.71. The normalized spacial score (nSPS) is 14.6. The number of hydrazone groups is 1. The average Bonchev–Trinajstić information content (AvgIpc) is 3.42. The Morgan fingerprint density at radius 1 is 0.633 bits per heavy atom. The molecule has 0 saturated carbocycles. The van der Waals surface area contributed by atoms with E-state index in [1.54, 1.807) is 0 Å². The van der Waals surface area contributed by atoms with E-state index in [2.05, 4.69) is 82.7 Å². The summed E-state index contributed by atoms with van der Waals surface area (Å²) in [5.41, 5.74) is 7.60. The highest BCUT2D eigenvalue weighted by Gasteiger charge is 2.34. The molecule has 0 aliphatic carbocycles. The van der Waals surface area contributed by atoms with Crippen LogP contribution in [0.1, 0.15) is 5.56 Å². The smallest absolute Gasteiger partial charge is 0.163 e. The maximum absolute atomic E-state index is 6.26. The van der Waals surface area contributed by atoms with E-state index in [1.165, 1.54) is 16.8 Å². The monoisotopic (exact) mass is 387 g/mol. The number of furan rings is 1. The highest BCUT2D eigenvalue weighted by atomic mass is 16.3. The van der Waals surface area contributed by atoms with Crippen molar-refractivity contribution in [2.24, 2.45) is 5.10 Å². The fourth-order valence-electron chi connectivity index (χ4n) is 4.71. The van der Waals surface area contributed by atoms with Gasteiger partial charge in [-0.3, -0.25) is 0 Å². The zero-order valence-corrected chi connectivity index (χ0v) is 16.1. The molecule has 4 heteroatoms. The molecule has 0 spiro atoms. The molecule has 2 aliphatic rings. The molecule has 0 atom stereocenters. The third-order valence-corrected chi connectivity index (χ3v) is 6.06. The number of amidine groups is 1. The van der Waals surface area contributed by atoms with E-state index in [4.69, 9.17) is 9.52 Å². The predicted molar refractivity (Wildman–Crippen MR) is 122 cm³/mol. The molecule has 0 saturated heterocycles. The Morgan fingerprint density at radius 3 is 2.27 bits per heavy atom. The quantitative estimate of drug-likeness (QED) is 0.343. The summed E-state index contributed by atoms with van der Waals surface area (Å²) in [5.74, 6) is 0.984. The third kappa shape index (κ3) is 2.02. The van der Waals surface area contributed by atoms with Crippen molar-refractivity contribution >= 4 is 39.1 Å². The topological polar surface area (TPSA) is 32.0 Å². The Bertz CT molecular complexity index is 1500. The fourth-order valence-corrected chi connectivity index (χ4v) is 4.71. The van der Waals surface area contributed by atoms with Crippen LogP contribution in [0.5, 0.6) is 0 Å². The minimum atomic E-state index is 0.650. The Hall–Kier alpha value is -4.05. The van der Waals surface area contributed by atoms with Crippen LogP contribution in [0.15, 0.2) is 101 Å². The van der Waals surface area contributed by atoms with Crippen molar-refractivity contribution in [2.45, 2.75) is 0 Å². The molecule has 5 aromatic rings. The molecule has 1 aromatic heterocycles. The fraction of sp³-hybridized carbons (Fsp3) is 0.0385. The molecule has 142 valence electrons. The maximum Gasteiger partial charge on any atom is 0.163 e. The molecule has 0 radical (unpaired) electrons. The number of anilines is 2. The summed E-state index contributed by atoms with van der Waals surface area (Å²) in [6.07, 6.45) is 0. The summed E-state index contributed by atoms with van der Waals surface area (Å²) in [6.45, 7) is 0.650. The van der Waals surface area contributed by atoms with E-state index in [1.807, 2.05) is 18.2 Å². The summed E-state index contributed by atoms with van der Waals surface area (Å²) in [6, 6.07) is 31.5. The molecule has 0 unspecified atom stereocenters. The van der Waals surface area contributed by atoms with Gasteiger partial charge < -0.3 is 9.32 Å². The molecule has 0 amide bonds. The van der Waals surface area contributed by atoms with Crippen LogP contribution < -0.4 is 9.91 Å². The van der Waals surface area contributed by atoms with Crippen molar-refractivity contribution in [3.63, 3.8) is 0 Å². The highest BCUT2D eigenvalue weighted by Crippen LogP contribution is 2.43. The van der Waals surface area contributed by atoms with Crippen LogP contribution in [0.3, 0.4) is 0 Å². The van der Waals surface area contributed by atoms with Gasteiger partial charge >= 0.3 is 0 Å². The molecule has 0 bridgehead atoms. The number of hydrogen-bond acceptors (Lipinski definition) is 4. The lowest BCUT2D eigenvalue weighted by Gasteiger charge is -2.29. The Labute approximate surface area is 173 Å². The molecule has 7 rings (SSSR count). The van der Waals surface area contributed by atoms with Gasteiger partial charge in [-0.15, -0.1) is 0 Å². The van der Waals surface area contributed by atoms with Crippen molar-refractivity contribution in [1.82, 2.24) is 0 Å². The second-order valence-corrected chi connectivity index (χ2v) is 7.71. The molecule has 3 heterocycles. The van der Waals surface area contributed by atoms with Crippen LogP contribution in [0.2, 0.25) is 0 Å². The van der Waals surface area contributed by atoms with Crippen molar-refractivity contribution in [3.8, 4) is 11.1 Å². The van der Waals surface area contributed by atoms with Crippen molar-refractivity contribution in [1.29, 1.82) is 0 Å². The first-order chi connectivity index (χ1) is 14.9. The van der Waals surface area contributed by atoms with Crippen LogP contribution in [0, 0.1) is 0 Å². The standard InChI is InChI=1S/C26H17N3O/c1-2-11-21-17(8-1)18-9-3-5-13-22(18)28-16-29(27-26(21)28)23-14-7-12-20-19-10-4-6-15-24(19)30-25(20)23/h1-15H,16H2. The van der Waals surface area contributed by atoms with Crippen LogP contribution >= 0.6 is 0 Å². The van der Waals surface area contributed by atoms with E-state index in [0.717, 1.165) is 39.0 Å². The van der Waals surface area contributed by atoms with Gasteiger partial charge in [0.1, 0.15) is 17.9 Å². The summed E-state index contributed by atoms with van der Waals surface area (Å²) >= 11 is 0. The molecule has 0 N–H and O–H groups in total. The SMILES string of the molecule is c1ccc2c(c1)C1=NN(c3cccc4c3oc3ccccc34)CN1c1ccccc1-2. The van der Waals surface area contributed by atoms with Crippen LogP contribution in [-0.4, -0.2) is 12.5 Å². The molecular formula is C26H17N3O. The van der Waals surface area contributed by atoms with Crippen LogP contribution in [0.25, 0.3) is 33.1 Å². The Balaban J connectivity index is 1.44. The van der Waals surface area contributed by atoms with Crippen molar-refractivity contribution in [2.75, 3.05) is 16.6 Å². The molecule has 4 aromatic carbocycles. The Kier molecular flexibility index (Phi) is 3.03. The lowest BCUT2D eigenvalue weighted by molar-refractivity contribution is 0.666. The predicted octanol–water partition coefficient (Wildman–Crippen LogP) is 6.21. The van der Waals surface area contributed by atoms with Gasteiger partial charge in [0.25, 0.3) is 0 Å². The van der Waals surface area contributed by atoms with Gasteiger partial charge in [-0.1, -0.05) is 72.8 Å². The maximum atomic E-state index is 6.26. The van der Waals surface area contributed by atoms with E-state index < -0.39 is 0 Å². The van der Waals surface area contributed by atoms with E-state index in [0.29, 0.717) is 6.67 Å². The van der Waals surface area contributed by atoms with E-state index in [9.17, 15) is 0 Å². The molecule has 0 fully saturated rings. The average molecular weight is 387 g/mol. The largest absolute Gasteiger partial charge is 0.454 e. The summed E-state index contributed by atoms with van der Waals surface area (Å²) in [5, 5.41) is 9.36. The summed E-state index contributed by atoms with van der Waals surface area (Å²) in [7, 11) is 0. The highest BCUT2D eigenvalue weighted by molar-refractivity contribution is 6.20. The molecule has 30 heavy (non-hydrogen) atoms. The minimum absolute atomic E-state index is 0.650. The van der Waals surface area contributed by atoms with Gasteiger partial charge in [0.2, 0.25) is 0 Å². The lowest BCUT2D eigenvalue weighted by Crippen LogP contribution is -2.34. The van der Waals surface area contributed by atoms with Crippen molar-refractivity contribution < 1.29 is 4.42 Å². The zero-order chi connectivity index (χ0) is 19.7. The van der Waals surface area contributed by atoms with E-state index in [-0.39, 0.29) is 0 Å². The van der Waals surface area contributed by atoms with Crippen molar-refractivity contribution in [3.05, 3.63) is 96.6 Å². The Morgan fingerprint density at radius 2 is 1.33 bits per heavy atom. The van der Waals surface area contributed by atoms with Crippen LogP contribution in [0.4, 0.5) is 11.4 Å². The first-order valence-corrected chi connectivity index (χ1v) is 10.1. The zero-order valence-electron chi connectivity index (χ0n) is 16.1. The summed E-state index contributed by atoms with van der Waals surface area (Å²) < 4.78 is 6.26. The summed E-state index contributed by atoms with van der Waals surface area (Å²) in [4.78, 5) is 2.29. The first-order valence-electron chi connectivity index (χ1n) is 10.1. The van der Waals surface area contributed by atoms with Gasteiger partial charge in [-0.25, -0.2) is 5.01 Å². The minimum Gasteiger partial charge on any atom is -0.454 e. The van der Waals surface area contributed by atoms with Gasteiger partial charge in [-0.05, 0) is 23.8 Å². The number of fused-ring (bicyclic) bond motifs is 9. The van der Waals surface area contributed by atoms with Gasteiger partial charge in [0.05, 0.1) is 5.69 Å². The number of benzene rings is 4. The number of hydrogen-bond donors (Lipinski definition) is 0. The van der Waals surface area contributed by atoms with Gasteiger partial charge in [-0.2, -0.15) is 5.10 Å².